The van der Waals surface area contributed by atoms with Gasteiger partial charge in [-0.25, -0.2) is 4.98 Å². The molecule has 0 amide bonds. The predicted molar refractivity (Wildman–Crippen MR) is 106 cm³/mol. The van der Waals surface area contributed by atoms with Crippen molar-refractivity contribution in [3.63, 3.8) is 0 Å². The summed E-state index contributed by atoms with van der Waals surface area (Å²) in [5, 5.41) is 10.3. The van der Waals surface area contributed by atoms with Crippen molar-refractivity contribution in [2.24, 2.45) is 0 Å². The molecule has 5 nitrogen and oxygen atoms in total. The minimum absolute atomic E-state index is 0.499. The lowest BCUT2D eigenvalue weighted by molar-refractivity contribution is 0.413. The Kier molecular flexibility index (Phi) is 5.27. The Balaban J connectivity index is 1.42. The van der Waals surface area contributed by atoms with Crippen LogP contribution in [0, 0.1) is 0 Å². The summed E-state index contributed by atoms with van der Waals surface area (Å²) in [6, 6.07) is 17.7. The molecule has 136 valence electrons. The fraction of sp³-hybridized carbons (Fsp3) is 0.150. The third kappa shape index (κ3) is 4.23. The van der Waals surface area contributed by atoms with Crippen LogP contribution in [0.2, 0.25) is 5.15 Å². The number of aromatic nitrogens is 3. The van der Waals surface area contributed by atoms with Crippen molar-refractivity contribution in [1.82, 2.24) is 15.2 Å². The van der Waals surface area contributed by atoms with Crippen molar-refractivity contribution in [2.75, 3.05) is 7.11 Å². The van der Waals surface area contributed by atoms with Crippen molar-refractivity contribution < 1.29 is 9.15 Å². The number of para-hydroxylation sites is 1. The van der Waals surface area contributed by atoms with Crippen LogP contribution in [0.3, 0.4) is 0 Å². The first-order chi connectivity index (χ1) is 13.2. The topological polar surface area (TPSA) is 61.0 Å². The van der Waals surface area contributed by atoms with E-state index in [0.29, 0.717) is 28.4 Å². The van der Waals surface area contributed by atoms with E-state index in [0.717, 1.165) is 27.8 Å². The largest absolute Gasteiger partial charge is 0.497 e. The minimum Gasteiger partial charge on any atom is -0.497 e. The monoisotopic (exact) mass is 397 g/mol. The number of hydrogen-bond donors (Lipinski definition) is 0. The molecular formula is C20H16ClN3O2S. The SMILES string of the molecule is COc1ccc(Cc2nnc(SCc3cc4ccccc4nc3Cl)o2)cc1. The second kappa shape index (κ2) is 7.98. The molecule has 0 saturated heterocycles. The molecule has 0 aliphatic carbocycles. The van der Waals surface area contributed by atoms with E-state index in [-0.39, 0.29) is 0 Å². The molecule has 0 spiro atoms. The predicted octanol–water partition coefficient (Wildman–Crippen LogP) is 5.16. The van der Waals surface area contributed by atoms with Crippen LogP contribution in [0.1, 0.15) is 17.0 Å². The van der Waals surface area contributed by atoms with Gasteiger partial charge in [-0.3, -0.25) is 0 Å². The highest BCUT2D eigenvalue weighted by Crippen LogP contribution is 2.28. The second-order valence-corrected chi connectivity index (χ2v) is 7.19. The van der Waals surface area contributed by atoms with Crippen LogP contribution in [0.25, 0.3) is 10.9 Å². The molecule has 2 aromatic heterocycles. The number of nitrogens with zero attached hydrogens (tertiary/aromatic N) is 3. The number of thioether (sulfide) groups is 1. The number of hydrogen-bond acceptors (Lipinski definition) is 6. The molecule has 4 aromatic rings. The van der Waals surface area contributed by atoms with Crippen molar-refractivity contribution in [2.45, 2.75) is 17.4 Å². The highest BCUT2D eigenvalue weighted by molar-refractivity contribution is 7.98. The average molecular weight is 398 g/mol. The van der Waals surface area contributed by atoms with Crippen LogP contribution in [0.4, 0.5) is 0 Å². The number of fused-ring (bicyclic) bond motifs is 1. The lowest BCUT2D eigenvalue weighted by Gasteiger charge is -2.04. The van der Waals surface area contributed by atoms with Gasteiger partial charge in [0.25, 0.3) is 5.22 Å². The Morgan fingerprint density at radius 1 is 1.07 bits per heavy atom. The Labute approximate surface area is 165 Å². The molecule has 0 atom stereocenters. The summed E-state index contributed by atoms with van der Waals surface area (Å²) in [5.74, 6) is 2.01. The van der Waals surface area contributed by atoms with Crippen LogP contribution >= 0.6 is 23.4 Å². The molecule has 2 heterocycles. The molecule has 0 saturated carbocycles. The summed E-state index contributed by atoms with van der Waals surface area (Å²) >= 11 is 7.75. The zero-order chi connectivity index (χ0) is 18.6. The summed E-state index contributed by atoms with van der Waals surface area (Å²) in [7, 11) is 1.65. The van der Waals surface area contributed by atoms with Crippen LogP contribution in [-0.4, -0.2) is 22.3 Å². The van der Waals surface area contributed by atoms with Gasteiger partial charge in [-0.1, -0.05) is 53.7 Å². The average Bonchev–Trinajstić information content (AvgIpc) is 3.14. The van der Waals surface area contributed by atoms with E-state index < -0.39 is 0 Å². The van der Waals surface area contributed by atoms with E-state index in [9.17, 15) is 0 Å². The maximum Gasteiger partial charge on any atom is 0.276 e. The Morgan fingerprint density at radius 2 is 1.89 bits per heavy atom. The highest BCUT2D eigenvalue weighted by atomic mass is 35.5. The van der Waals surface area contributed by atoms with E-state index in [4.69, 9.17) is 20.8 Å². The van der Waals surface area contributed by atoms with Gasteiger partial charge in [0.05, 0.1) is 19.0 Å². The molecule has 4 rings (SSSR count). The second-order valence-electron chi connectivity index (χ2n) is 5.91. The number of methoxy groups -OCH3 is 1. The molecule has 0 unspecified atom stereocenters. The first-order valence-corrected chi connectivity index (χ1v) is 9.70. The van der Waals surface area contributed by atoms with Crippen LogP contribution in [-0.2, 0) is 12.2 Å². The standard InChI is InChI=1S/C20H16ClN3O2S/c1-25-16-8-6-13(7-9-16)10-18-23-24-20(26-18)27-12-15-11-14-4-2-3-5-17(14)22-19(15)21/h2-9,11H,10,12H2,1H3. The number of ether oxygens (including phenoxy) is 1. The van der Waals surface area contributed by atoms with Gasteiger partial charge in [-0.15, -0.1) is 10.2 Å². The summed E-state index contributed by atoms with van der Waals surface area (Å²) in [6.07, 6.45) is 0.579. The minimum atomic E-state index is 0.499. The zero-order valence-corrected chi connectivity index (χ0v) is 16.1. The molecule has 7 heteroatoms. The van der Waals surface area contributed by atoms with E-state index in [1.165, 1.54) is 11.8 Å². The Morgan fingerprint density at radius 3 is 2.70 bits per heavy atom. The van der Waals surface area contributed by atoms with Gasteiger partial charge in [0.2, 0.25) is 5.89 Å². The van der Waals surface area contributed by atoms with Gasteiger partial charge >= 0.3 is 0 Å². The van der Waals surface area contributed by atoms with Crippen molar-refractivity contribution >= 4 is 34.3 Å². The summed E-state index contributed by atoms with van der Waals surface area (Å²) in [6.45, 7) is 0. The third-order valence-corrected chi connectivity index (χ3v) is 5.26. The van der Waals surface area contributed by atoms with Crippen molar-refractivity contribution in [1.29, 1.82) is 0 Å². The number of halogens is 1. The number of benzene rings is 2. The van der Waals surface area contributed by atoms with Gasteiger partial charge < -0.3 is 9.15 Å². The summed E-state index contributed by atoms with van der Waals surface area (Å²) in [5.41, 5.74) is 2.91. The number of pyridine rings is 1. The van der Waals surface area contributed by atoms with E-state index >= 15 is 0 Å². The molecule has 0 aliphatic rings. The maximum absolute atomic E-state index is 6.31. The molecular weight excluding hydrogens is 382 g/mol. The van der Waals surface area contributed by atoms with Crippen LogP contribution < -0.4 is 4.74 Å². The van der Waals surface area contributed by atoms with Crippen LogP contribution in [0.15, 0.2) is 64.2 Å². The van der Waals surface area contributed by atoms with E-state index in [2.05, 4.69) is 15.2 Å². The molecule has 0 fully saturated rings. The maximum atomic E-state index is 6.31. The fourth-order valence-electron chi connectivity index (χ4n) is 2.66. The lowest BCUT2D eigenvalue weighted by atomic mass is 10.1. The quantitative estimate of drug-likeness (QED) is 0.330. The first kappa shape index (κ1) is 17.8. The van der Waals surface area contributed by atoms with E-state index in [1.54, 1.807) is 7.11 Å². The van der Waals surface area contributed by atoms with Gasteiger partial charge in [0, 0.05) is 16.7 Å². The molecule has 2 aromatic carbocycles. The number of rotatable bonds is 6. The molecule has 0 radical (unpaired) electrons. The van der Waals surface area contributed by atoms with E-state index in [1.807, 2.05) is 54.6 Å². The summed E-state index contributed by atoms with van der Waals surface area (Å²) in [4.78, 5) is 4.44. The zero-order valence-electron chi connectivity index (χ0n) is 14.6. The first-order valence-electron chi connectivity index (χ1n) is 8.33. The summed E-state index contributed by atoms with van der Waals surface area (Å²) < 4.78 is 10.9. The molecule has 0 bridgehead atoms. The van der Waals surface area contributed by atoms with Gasteiger partial charge in [-0.05, 0) is 29.8 Å². The Bertz CT molecular complexity index is 1070. The molecule has 27 heavy (non-hydrogen) atoms. The van der Waals surface area contributed by atoms with Gasteiger partial charge in [0.1, 0.15) is 10.9 Å². The van der Waals surface area contributed by atoms with Gasteiger partial charge in [0.15, 0.2) is 0 Å². The van der Waals surface area contributed by atoms with Crippen molar-refractivity contribution in [3.8, 4) is 5.75 Å². The molecule has 0 aliphatic heterocycles. The smallest absolute Gasteiger partial charge is 0.276 e. The molecule has 0 N–H and O–H groups in total. The van der Waals surface area contributed by atoms with Crippen LogP contribution in [0.5, 0.6) is 5.75 Å². The Hall–Kier alpha value is -2.57. The fourth-order valence-corrected chi connectivity index (χ4v) is 3.71. The highest BCUT2D eigenvalue weighted by Gasteiger charge is 2.11. The third-order valence-electron chi connectivity index (χ3n) is 4.06. The van der Waals surface area contributed by atoms with Crippen molar-refractivity contribution in [3.05, 3.63) is 76.8 Å². The van der Waals surface area contributed by atoms with Gasteiger partial charge in [-0.2, -0.15) is 0 Å². The lowest BCUT2D eigenvalue weighted by Crippen LogP contribution is -1.89. The normalized spacial score (nSPS) is 11.0.